The molecular weight excluding hydrogens is 330 g/mol. The quantitative estimate of drug-likeness (QED) is 0.659. The van der Waals surface area contributed by atoms with Gasteiger partial charge in [-0.2, -0.15) is 0 Å². The van der Waals surface area contributed by atoms with Gasteiger partial charge in [-0.3, -0.25) is 5.41 Å². The summed E-state index contributed by atoms with van der Waals surface area (Å²) in [5, 5.41) is 29.0. The van der Waals surface area contributed by atoms with E-state index in [2.05, 4.69) is 28.0 Å². The molecule has 2 aromatic rings. The van der Waals surface area contributed by atoms with Gasteiger partial charge >= 0.3 is 0 Å². The Hall–Kier alpha value is -2.51. The van der Waals surface area contributed by atoms with Crippen molar-refractivity contribution in [2.45, 2.75) is 26.1 Å². The number of H-pyrrole nitrogens is 1. The fraction of sp³-hybridized carbons (Fsp3) is 0.421. The predicted octanol–water partition coefficient (Wildman–Crippen LogP) is 1.71. The van der Waals surface area contributed by atoms with Crippen molar-refractivity contribution in [2.24, 2.45) is 16.8 Å². The summed E-state index contributed by atoms with van der Waals surface area (Å²) < 4.78 is 0. The summed E-state index contributed by atoms with van der Waals surface area (Å²) >= 11 is 0. The molecule has 4 N–H and O–H groups in total. The van der Waals surface area contributed by atoms with Gasteiger partial charge in [0.2, 0.25) is 0 Å². The van der Waals surface area contributed by atoms with Gasteiger partial charge in [-0.1, -0.05) is 19.9 Å². The Bertz CT molecular complexity index is 906. The molecule has 4 atom stereocenters. The molecule has 136 valence electrons. The zero-order valence-corrected chi connectivity index (χ0v) is 14.8. The van der Waals surface area contributed by atoms with Crippen LogP contribution in [0.4, 0.5) is 5.69 Å². The molecule has 0 radical (unpaired) electrons. The minimum atomic E-state index is -0.759. The summed E-state index contributed by atoms with van der Waals surface area (Å²) in [7, 11) is 0. The molecule has 1 saturated heterocycles. The number of pyridine rings is 1. The van der Waals surface area contributed by atoms with Crippen molar-refractivity contribution in [1.82, 2.24) is 9.97 Å². The third-order valence-electron chi connectivity index (χ3n) is 5.45. The van der Waals surface area contributed by atoms with Crippen molar-refractivity contribution in [3.63, 3.8) is 0 Å². The summed E-state index contributed by atoms with van der Waals surface area (Å²) in [6.07, 6.45) is 6.11. The highest BCUT2D eigenvalue weighted by Gasteiger charge is 2.31. The van der Waals surface area contributed by atoms with Crippen LogP contribution in [0.2, 0.25) is 0 Å². The van der Waals surface area contributed by atoms with Crippen LogP contribution in [0.5, 0.6) is 0 Å². The van der Waals surface area contributed by atoms with Gasteiger partial charge in [-0.05, 0) is 18.1 Å². The molecule has 4 unspecified atom stereocenters. The Morgan fingerprint density at radius 3 is 2.69 bits per heavy atom. The minimum Gasteiger partial charge on any atom is -0.389 e. The van der Waals surface area contributed by atoms with Crippen molar-refractivity contribution in [3.8, 4) is 0 Å². The molecule has 7 heteroatoms. The average molecular weight is 353 g/mol. The normalized spacial score (nSPS) is 29.3. The smallest absolute Gasteiger partial charge is 0.140 e. The minimum absolute atomic E-state index is 0.0652. The standard InChI is InChI=1S/C19H23N5O2/c1-10-3-4-13(23-18(20)11(10)2)12-7-22-19-17(12)14(5-6-21-19)24-8-15(25)16(26)9-24/h3-7,10-11,15-16,20,25-26H,8-9H2,1-2H3,(H,21,22). The lowest BCUT2D eigenvalue weighted by atomic mass is 9.95. The highest BCUT2D eigenvalue weighted by Crippen LogP contribution is 2.32. The maximum absolute atomic E-state index is 9.92. The molecular formula is C19H23N5O2. The molecule has 1 fully saturated rings. The van der Waals surface area contributed by atoms with Crippen LogP contribution in [0, 0.1) is 17.2 Å². The predicted molar refractivity (Wildman–Crippen MR) is 102 cm³/mol. The molecule has 2 aliphatic rings. The molecule has 26 heavy (non-hydrogen) atoms. The van der Waals surface area contributed by atoms with Crippen LogP contribution in [-0.2, 0) is 0 Å². The second kappa shape index (κ2) is 6.34. The fourth-order valence-corrected chi connectivity index (χ4v) is 3.55. The van der Waals surface area contributed by atoms with Crippen LogP contribution in [0.1, 0.15) is 19.4 Å². The maximum atomic E-state index is 9.92. The number of hydrogen-bond acceptors (Lipinski definition) is 5. The second-order valence-electron chi connectivity index (χ2n) is 7.18. The first-order chi connectivity index (χ1) is 12.5. The van der Waals surface area contributed by atoms with Gasteiger partial charge in [-0.15, -0.1) is 0 Å². The van der Waals surface area contributed by atoms with E-state index in [9.17, 15) is 10.2 Å². The van der Waals surface area contributed by atoms with Gasteiger partial charge in [0.05, 0.1) is 29.0 Å². The molecule has 7 nitrogen and oxygen atoms in total. The number of allylic oxidation sites excluding steroid dienone is 2. The summed E-state index contributed by atoms with van der Waals surface area (Å²) in [4.78, 5) is 14.1. The fourth-order valence-electron chi connectivity index (χ4n) is 3.55. The van der Waals surface area contributed by atoms with Crippen molar-refractivity contribution in [2.75, 3.05) is 18.0 Å². The number of amidine groups is 1. The second-order valence-corrected chi connectivity index (χ2v) is 7.18. The Morgan fingerprint density at radius 2 is 1.96 bits per heavy atom. The van der Waals surface area contributed by atoms with Crippen LogP contribution in [0.25, 0.3) is 11.0 Å². The number of fused-ring (bicyclic) bond motifs is 1. The largest absolute Gasteiger partial charge is 0.389 e. The number of anilines is 1. The van der Waals surface area contributed by atoms with Crippen molar-refractivity contribution < 1.29 is 10.2 Å². The summed E-state index contributed by atoms with van der Waals surface area (Å²) in [6, 6.07) is 1.89. The number of aliphatic imine (C=N–C) groups is 1. The molecule has 0 amide bonds. The Kier molecular flexibility index (Phi) is 4.13. The summed E-state index contributed by atoms with van der Waals surface area (Å²) in [5.74, 6) is 0.676. The van der Waals surface area contributed by atoms with E-state index in [0.717, 1.165) is 28.0 Å². The van der Waals surface area contributed by atoms with E-state index >= 15 is 0 Å². The highest BCUT2D eigenvalue weighted by atomic mass is 16.3. The number of β-amino-alcohol motifs (C(OH)–C–C–N with tert-alkyl or cyclic N) is 2. The van der Waals surface area contributed by atoms with Gasteiger partial charge in [0, 0.05) is 37.0 Å². The third-order valence-corrected chi connectivity index (χ3v) is 5.45. The molecule has 0 aromatic carbocycles. The molecule has 4 heterocycles. The first-order valence-electron chi connectivity index (χ1n) is 8.88. The average Bonchev–Trinajstić information content (AvgIpc) is 3.17. The maximum Gasteiger partial charge on any atom is 0.140 e. The van der Waals surface area contributed by atoms with E-state index in [1.807, 2.05) is 30.2 Å². The van der Waals surface area contributed by atoms with E-state index in [0.29, 0.717) is 18.9 Å². The van der Waals surface area contributed by atoms with Gasteiger partial charge in [0.25, 0.3) is 0 Å². The topological polar surface area (TPSA) is 109 Å². The van der Waals surface area contributed by atoms with Crippen LogP contribution in [-0.4, -0.2) is 57.0 Å². The Morgan fingerprint density at radius 1 is 1.23 bits per heavy atom. The number of hydrogen-bond donors (Lipinski definition) is 4. The van der Waals surface area contributed by atoms with Crippen molar-refractivity contribution in [3.05, 3.63) is 36.2 Å². The molecule has 4 rings (SSSR count). The van der Waals surface area contributed by atoms with Crippen LogP contribution in [0.15, 0.2) is 35.6 Å². The molecule has 2 aromatic heterocycles. The SMILES string of the molecule is CC1C=CC(c2c[nH]c3nccc(N4CC(O)C(O)C4)c23)=NC(=N)C1C. The van der Waals surface area contributed by atoms with Crippen LogP contribution >= 0.6 is 0 Å². The molecule has 0 spiro atoms. The van der Waals surface area contributed by atoms with Crippen molar-refractivity contribution >= 4 is 28.3 Å². The van der Waals surface area contributed by atoms with E-state index in [1.165, 1.54) is 0 Å². The number of aromatic nitrogens is 2. The number of aliphatic hydroxyl groups is 2. The highest BCUT2D eigenvalue weighted by molar-refractivity contribution is 6.21. The summed E-state index contributed by atoms with van der Waals surface area (Å²) in [5.41, 5.74) is 3.23. The monoisotopic (exact) mass is 353 g/mol. The third kappa shape index (κ3) is 2.73. The van der Waals surface area contributed by atoms with Gasteiger partial charge in [-0.25, -0.2) is 9.98 Å². The van der Waals surface area contributed by atoms with Crippen LogP contribution in [0.3, 0.4) is 0 Å². The first-order valence-corrected chi connectivity index (χ1v) is 8.88. The number of aromatic amines is 1. The summed E-state index contributed by atoms with van der Waals surface area (Å²) in [6.45, 7) is 4.84. The number of nitrogens with one attached hydrogen (secondary N) is 2. The van der Waals surface area contributed by atoms with Gasteiger partial charge in [0.1, 0.15) is 11.5 Å². The lowest BCUT2D eigenvalue weighted by molar-refractivity contribution is 0.0572. The number of nitrogens with zero attached hydrogens (tertiary/aromatic N) is 3. The number of rotatable bonds is 2. The molecule has 0 saturated carbocycles. The number of aliphatic hydroxyl groups excluding tert-OH is 2. The van der Waals surface area contributed by atoms with E-state index in [1.54, 1.807) is 6.20 Å². The van der Waals surface area contributed by atoms with Crippen molar-refractivity contribution in [1.29, 1.82) is 5.41 Å². The molecule has 2 aliphatic heterocycles. The zero-order valence-electron chi connectivity index (χ0n) is 14.8. The lowest BCUT2D eigenvalue weighted by Crippen LogP contribution is -2.22. The lowest BCUT2D eigenvalue weighted by Gasteiger charge is -2.19. The van der Waals surface area contributed by atoms with Gasteiger partial charge < -0.3 is 20.1 Å². The molecule has 0 bridgehead atoms. The Balaban J connectivity index is 1.83. The van der Waals surface area contributed by atoms with E-state index in [-0.39, 0.29) is 11.8 Å². The Labute approximate surface area is 151 Å². The zero-order chi connectivity index (χ0) is 18.4. The molecule has 0 aliphatic carbocycles. The van der Waals surface area contributed by atoms with Gasteiger partial charge in [0.15, 0.2) is 0 Å². The van der Waals surface area contributed by atoms with Crippen LogP contribution < -0.4 is 4.90 Å². The van der Waals surface area contributed by atoms with E-state index in [4.69, 9.17) is 5.41 Å². The van der Waals surface area contributed by atoms with E-state index < -0.39 is 12.2 Å². The first kappa shape index (κ1) is 16.9.